The maximum absolute atomic E-state index is 13.5. The molecular formula is C24H24N4OS. The van der Waals surface area contributed by atoms with E-state index in [1.54, 1.807) is 6.20 Å². The number of pyridine rings is 1. The monoisotopic (exact) mass is 416 g/mol. The lowest BCUT2D eigenvalue weighted by atomic mass is 10.1. The first-order valence-electron chi connectivity index (χ1n) is 9.98. The van der Waals surface area contributed by atoms with Gasteiger partial charge >= 0.3 is 0 Å². The van der Waals surface area contributed by atoms with Crippen LogP contribution in [0, 0.1) is 0 Å². The maximum Gasteiger partial charge on any atom is 0.270 e. The number of aromatic nitrogens is 1. The molecule has 30 heavy (non-hydrogen) atoms. The van der Waals surface area contributed by atoms with Crippen LogP contribution in [0.5, 0.6) is 0 Å². The highest BCUT2D eigenvalue weighted by Gasteiger charge is 2.26. The first-order valence-corrected chi connectivity index (χ1v) is 10.8. The Hall–Kier alpha value is -3.25. The van der Waals surface area contributed by atoms with Crippen LogP contribution in [0.1, 0.15) is 40.7 Å². The molecule has 2 N–H and O–H groups in total. The Morgan fingerprint density at radius 1 is 1.27 bits per heavy atom. The molecule has 5 nitrogen and oxygen atoms in total. The van der Waals surface area contributed by atoms with Gasteiger partial charge in [-0.15, -0.1) is 11.3 Å². The number of hydrogen-bond acceptors (Lipinski definition) is 5. The molecule has 0 radical (unpaired) electrons. The molecule has 3 heterocycles. The van der Waals surface area contributed by atoms with Crippen LogP contribution < -0.4 is 10.6 Å². The number of nitrogens with zero attached hydrogens (tertiary/aromatic N) is 3. The predicted octanol–water partition coefficient (Wildman–Crippen LogP) is 5.48. The molecule has 0 fully saturated rings. The topological polar surface area (TPSA) is 71.6 Å². The molecule has 0 bridgehead atoms. The van der Waals surface area contributed by atoms with E-state index in [4.69, 9.17) is 10.7 Å². The number of nitrogen functional groups attached to an aromatic ring is 1. The fourth-order valence-corrected chi connectivity index (χ4v) is 4.78. The highest BCUT2D eigenvalue weighted by atomic mass is 32.1. The summed E-state index contributed by atoms with van der Waals surface area (Å²) in [5.41, 5.74) is 11.0. The second-order valence-corrected chi connectivity index (χ2v) is 8.31. The van der Waals surface area contributed by atoms with E-state index in [-0.39, 0.29) is 5.91 Å². The van der Waals surface area contributed by atoms with Gasteiger partial charge in [-0.3, -0.25) is 9.79 Å². The summed E-state index contributed by atoms with van der Waals surface area (Å²) in [7, 11) is 0. The van der Waals surface area contributed by atoms with Gasteiger partial charge in [-0.1, -0.05) is 24.3 Å². The third-order valence-corrected chi connectivity index (χ3v) is 6.44. The molecule has 0 unspecified atom stereocenters. The van der Waals surface area contributed by atoms with E-state index in [1.165, 1.54) is 16.9 Å². The van der Waals surface area contributed by atoms with Crippen LogP contribution in [0.3, 0.4) is 0 Å². The summed E-state index contributed by atoms with van der Waals surface area (Å²) >= 11 is 1.37. The quantitative estimate of drug-likeness (QED) is 0.452. The van der Waals surface area contributed by atoms with Crippen molar-refractivity contribution >= 4 is 51.1 Å². The number of aliphatic imine (C=N–C) groups is 1. The Kier molecular flexibility index (Phi) is 5.77. The SMILES string of the molecule is C=N/C=C\C=C(/C)c1ccc2c(N)c(C(=O)N3CCCCc4ccccc43)sc2n1. The zero-order valence-corrected chi connectivity index (χ0v) is 17.8. The molecule has 0 spiro atoms. The van der Waals surface area contributed by atoms with Crippen LogP contribution in [0.4, 0.5) is 11.4 Å². The number of rotatable bonds is 4. The van der Waals surface area contributed by atoms with Gasteiger partial charge in [0.05, 0.1) is 11.4 Å². The van der Waals surface area contributed by atoms with Gasteiger partial charge in [0, 0.05) is 23.8 Å². The predicted molar refractivity (Wildman–Crippen MR) is 127 cm³/mol. The van der Waals surface area contributed by atoms with E-state index in [1.807, 2.05) is 54.3 Å². The van der Waals surface area contributed by atoms with E-state index in [0.717, 1.165) is 46.4 Å². The van der Waals surface area contributed by atoms with E-state index in [2.05, 4.69) is 17.8 Å². The number of anilines is 2. The van der Waals surface area contributed by atoms with E-state index < -0.39 is 0 Å². The minimum absolute atomic E-state index is 0.0429. The third-order valence-electron chi connectivity index (χ3n) is 5.34. The first-order chi connectivity index (χ1) is 14.6. The number of carbonyl (C=O) groups is 1. The smallest absolute Gasteiger partial charge is 0.270 e. The number of benzene rings is 1. The number of fused-ring (bicyclic) bond motifs is 2. The van der Waals surface area contributed by atoms with Crippen LogP contribution in [0.2, 0.25) is 0 Å². The van der Waals surface area contributed by atoms with Crippen LogP contribution in [0.15, 0.2) is 59.7 Å². The van der Waals surface area contributed by atoms with Gasteiger partial charge < -0.3 is 10.6 Å². The summed E-state index contributed by atoms with van der Waals surface area (Å²) in [5.74, 6) is -0.0429. The number of aryl methyl sites for hydroxylation is 1. The normalized spacial score (nSPS) is 14.7. The molecule has 3 aromatic rings. The van der Waals surface area contributed by atoms with Gasteiger partial charge in [0.2, 0.25) is 0 Å². The van der Waals surface area contributed by atoms with Crippen molar-refractivity contribution in [2.45, 2.75) is 26.2 Å². The summed E-state index contributed by atoms with van der Waals surface area (Å²) in [4.78, 5) is 25.1. The van der Waals surface area contributed by atoms with Crippen molar-refractivity contribution in [1.82, 2.24) is 4.98 Å². The van der Waals surface area contributed by atoms with Crippen molar-refractivity contribution in [2.75, 3.05) is 17.2 Å². The fourth-order valence-electron chi connectivity index (χ4n) is 3.73. The van der Waals surface area contributed by atoms with Crippen molar-refractivity contribution < 1.29 is 4.79 Å². The Balaban J connectivity index is 1.72. The molecule has 1 aliphatic heterocycles. The summed E-state index contributed by atoms with van der Waals surface area (Å²) in [6, 6.07) is 12.0. The van der Waals surface area contributed by atoms with E-state index in [0.29, 0.717) is 17.1 Å². The number of para-hydroxylation sites is 1. The number of carbonyl (C=O) groups excluding carboxylic acids is 1. The second kappa shape index (κ2) is 8.63. The number of nitrogens with two attached hydrogens (primary N) is 1. The standard InChI is InChI=1S/C24H24N4OS/c1-16(8-7-14-26-2)19-13-12-18-21(25)22(30-23(18)27-19)24(29)28-15-6-5-10-17-9-3-4-11-20(17)28/h3-4,7-9,11-14H,2,5-6,10,15,25H2,1H3/b14-7-,16-8+. The average Bonchev–Trinajstić information content (AvgIpc) is 2.95. The van der Waals surface area contributed by atoms with Gasteiger partial charge in [-0.05, 0) is 68.3 Å². The molecule has 0 aliphatic carbocycles. The molecule has 2 aromatic heterocycles. The van der Waals surface area contributed by atoms with Crippen molar-refractivity contribution in [3.05, 3.63) is 70.9 Å². The van der Waals surface area contributed by atoms with Gasteiger partial charge in [-0.25, -0.2) is 4.98 Å². The Labute approximate surface area is 180 Å². The first kappa shape index (κ1) is 20.0. The van der Waals surface area contributed by atoms with Crippen LogP contribution in [0.25, 0.3) is 15.8 Å². The van der Waals surface area contributed by atoms with Crippen LogP contribution >= 0.6 is 11.3 Å². The number of amides is 1. The molecule has 152 valence electrons. The molecule has 1 aromatic carbocycles. The van der Waals surface area contributed by atoms with E-state index >= 15 is 0 Å². The fraction of sp³-hybridized carbons (Fsp3) is 0.208. The summed E-state index contributed by atoms with van der Waals surface area (Å²) in [6.45, 7) is 6.12. The Morgan fingerprint density at radius 3 is 2.93 bits per heavy atom. The summed E-state index contributed by atoms with van der Waals surface area (Å²) in [6.07, 6.45) is 8.43. The van der Waals surface area contributed by atoms with Crippen LogP contribution in [-0.4, -0.2) is 24.2 Å². The molecule has 0 atom stereocenters. The van der Waals surface area contributed by atoms with Crippen molar-refractivity contribution in [1.29, 1.82) is 0 Å². The largest absolute Gasteiger partial charge is 0.397 e. The lowest BCUT2D eigenvalue weighted by molar-refractivity contribution is 0.0991. The van der Waals surface area contributed by atoms with Crippen molar-refractivity contribution in [3.63, 3.8) is 0 Å². The highest BCUT2D eigenvalue weighted by Crippen LogP contribution is 2.36. The van der Waals surface area contributed by atoms with Crippen molar-refractivity contribution in [2.24, 2.45) is 4.99 Å². The van der Waals surface area contributed by atoms with E-state index in [9.17, 15) is 4.79 Å². The zero-order valence-electron chi connectivity index (χ0n) is 17.0. The Morgan fingerprint density at radius 2 is 2.10 bits per heavy atom. The van der Waals surface area contributed by atoms with Gasteiger partial charge in [0.1, 0.15) is 9.71 Å². The Bertz CT molecular complexity index is 1180. The number of thiophene rings is 1. The van der Waals surface area contributed by atoms with Crippen molar-refractivity contribution in [3.8, 4) is 0 Å². The molecule has 0 saturated heterocycles. The van der Waals surface area contributed by atoms with Crippen LogP contribution in [-0.2, 0) is 6.42 Å². The lowest BCUT2D eigenvalue weighted by Crippen LogP contribution is -2.31. The summed E-state index contributed by atoms with van der Waals surface area (Å²) in [5, 5.41) is 0.825. The maximum atomic E-state index is 13.5. The molecule has 0 saturated carbocycles. The minimum Gasteiger partial charge on any atom is -0.397 e. The summed E-state index contributed by atoms with van der Waals surface area (Å²) < 4.78 is 0. The number of allylic oxidation sites excluding steroid dienone is 3. The lowest BCUT2D eigenvalue weighted by Gasteiger charge is -2.22. The second-order valence-electron chi connectivity index (χ2n) is 7.31. The minimum atomic E-state index is -0.0429. The molecule has 6 heteroatoms. The van der Waals surface area contributed by atoms with Gasteiger partial charge in [0.15, 0.2) is 0 Å². The zero-order chi connectivity index (χ0) is 21.1. The molecule has 1 amide bonds. The third kappa shape index (κ3) is 3.78. The number of hydrogen-bond donors (Lipinski definition) is 1. The highest BCUT2D eigenvalue weighted by molar-refractivity contribution is 7.21. The van der Waals surface area contributed by atoms with Gasteiger partial charge in [-0.2, -0.15) is 0 Å². The average molecular weight is 417 g/mol. The molecule has 4 rings (SSSR count). The molecular weight excluding hydrogens is 392 g/mol. The molecule has 1 aliphatic rings. The van der Waals surface area contributed by atoms with Gasteiger partial charge in [0.25, 0.3) is 5.91 Å².